The van der Waals surface area contributed by atoms with Crippen LogP contribution < -0.4 is 9.64 Å². The van der Waals surface area contributed by atoms with Crippen molar-refractivity contribution < 1.29 is 19.0 Å². The van der Waals surface area contributed by atoms with E-state index in [2.05, 4.69) is 0 Å². The minimum absolute atomic E-state index is 0.114. The first-order valence-corrected chi connectivity index (χ1v) is 4.31. The molecule has 0 spiro atoms. The van der Waals surface area contributed by atoms with Gasteiger partial charge in [-0.25, -0.2) is 4.39 Å². The number of halogens is 1. The van der Waals surface area contributed by atoms with Gasteiger partial charge in [-0.3, -0.25) is 4.79 Å². The summed E-state index contributed by atoms with van der Waals surface area (Å²) in [4.78, 5) is 12.3. The molecule has 0 saturated carbocycles. The second kappa shape index (κ2) is 4.75. The maximum Gasteiger partial charge on any atom is 0.252 e. The largest absolute Gasteiger partial charge is 0.494 e. The quantitative estimate of drug-likeness (QED) is 0.807. The van der Waals surface area contributed by atoms with Gasteiger partial charge in [-0.2, -0.15) is 0 Å². The van der Waals surface area contributed by atoms with Crippen molar-refractivity contribution in [3.8, 4) is 5.75 Å². The molecule has 0 atom stereocenters. The van der Waals surface area contributed by atoms with E-state index >= 15 is 0 Å². The Bertz CT molecular complexity index is 368. The fourth-order valence-electron chi connectivity index (χ4n) is 1.11. The van der Waals surface area contributed by atoms with Crippen molar-refractivity contribution in [3.05, 3.63) is 24.0 Å². The Hall–Kier alpha value is -1.62. The van der Waals surface area contributed by atoms with Crippen LogP contribution in [-0.4, -0.2) is 31.8 Å². The Kier molecular flexibility index (Phi) is 3.62. The Balaban J connectivity index is 2.97. The van der Waals surface area contributed by atoms with Crippen LogP contribution in [-0.2, 0) is 4.79 Å². The third-order valence-electron chi connectivity index (χ3n) is 2.03. The number of aliphatic hydroxyl groups is 1. The van der Waals surface area contributed by atoms with Gasteiger partial charge in [0.25, 0.3) is 5.91 Å². The SMILES string of the molecule is COc1ccc(N(C)C(=O)CO)cc1F. The van der Waals surface area contributed by atoms with Gasteiger partial charge in [0.2, 0.25) is 0 Å². The number of anilines is 1. The van der Waals surface area contributed by atoms with E-state index in [9.17, 15) is 9.18 Å². The van der Waals surface area contributed by atoms with Crippen LogP contribution in [0.4, 0.5) is 10.1 Å². The summed E-state index contributed by atoms with van der Waals surface area (Å²) >= 11 is 0. The lowest BCUT2D eigenvalue weighted by Gasteiger charge is -2.16. The summed E-state index contributed by atoms with van der Waals surface area (Å²) in [7, 11) is 2.82. The topological polar surface area (TPSA) is 49.8 Å². The summed E-state index contributed by atoms with van der Waals surface area (Å²) in [6, 6.07) is 4.13. The van der Waals surface area contributed by atoms with Crippen LogP contribution in [0.3, 0.4) is 0 Å². The predicted molar refractivity (Wildman–Crippen MR) is 53.4 cm³/mol. The second-order valence-electron chi connectivity index (χ2n) is 2.93. The lowest BCUT2D eigenvalue weighted by atomic mass is 10.2. The molecule has 1 aromatic rings. The molecule has 4 nitrogen and oxygen atoms in total. The highest BCUT2D eigenvalue weighted by Gasteiger charge is 2.11. The van der Waals surface area contributed by atoms with E-state index < -0.39 is 18.3 Å². The van der Waals surface area contributed by atoms with Crippen molar-refractivity contribution >= 4 is 11.6 Å². The van der Waals surface area contributed by atoms with E-state index in [1.165, 1.54) is 37.3 Å². The zero-order chi connectivity index (χ0) is 11.4. The van der Waals surface area contributed by atoms with E-state index in [0.29, 0.717) is 5.69 Å². The van der Waals surface area contributed by atoms with Gasteiger partial charge in [-0.05, 0) is 12.1 Å². The van der Waals surface area contributed by atoms with E-state index in [4.69, 9.17) is 9.84 Å². The molecule has 1 rings (SSSR count). The standard InChI is InChI=1S/C10H12FNO3/c1-12(10(14)6-13)7-3-4-9(15-2)8(11)5-7/h3-5,13H,6H2,1-2H3. The van der Waals surface area contributed by atoms with Gasteiger partial charge in [0, 0.05) is 18.8 Å². The molecule has 82 valence electrons. The Morgan fingerprint density at radius 3 is 2.73 bits per heavy atom. The summed E-state index contributed by atoms with van der Waals surface area (Å²) in [6.45, 7) is -0.607. The highest BCUT2D eigenvalue weighted by molar-refractivity contribution is 5.93. The van der Waals surface area contributed by atoms with Gasteiger partial charge in [-0.15, -0.1) is 0 Å². The number of benzene rings is 1. The van der Waals surface area contributed by atoms with E-state index in [1.54, 1.807) is 0 Å². The molecule has 0 aromatic heterocycles. The van der Waals surface area contributed by atoms with Crippen molar-refractivity contribution in [1.29, 1.82) is 0 Å². The van der Waals surface area contributed by atoms with Crippen molar-refractivity contribution in [1.82, 2.24) is 0 Å². The minimum atomic E-state index is -0.607. The number of hydrogen-bond acceptors (Lipinski definition) is 3. The predicted octanol–water partition coefficient (Wildman–Crippen LogP) is 0.789. The molecule has 1 amide bonds. The van der Waals surface area contributed by atoms with E-state index in [1.807, 2.05) is 0 Å². The normalized spacial score (nSPS) is 9.87. The Labute approximate surface area is 86.9 Å². The molecule has 1 aromatic carbocycles. The van der Waals surface area contributed by atoms with Crippen molar-refractivity contribution in [2.45, 2.75) is 0 Å². The second-order valence-corrected chi connectivity index (χ2v) is 2.93. The molecule has 1 N–H and O–H groups in total. The fraction of sp³-hybridized carbons (Fsp3) is 0.300. The molecule has 0 unspecified atom stereocenters. The molecular weight excluding hydrogens is 201 g/mol. The van der Waals surface area contributed by atoms with Gasteiger partial charge in [0.15, 0.2) is 11.6 Å². The first kappa shape index (κ1) is 11.5. The molecule has 0 aliphatic heterocycles. The number of aliphatic hydroxyl groups excluding tert-OH is 1. The summed E-state index contributed by atoms with van der Waals surface area (Å²) in [5.74, 6) is -0.934. The summed E-state index contributed by atoms with van der Waals surface area (Å²) in [5, 5.41) is 8.63. The van der Waals surface area contributed by atoms with Crippen LogP contribution in [0.1, 0.15) is 0 Å². The number of methoxy groups -OCH3 is 1. The molecule has 0 aliphatic carbocycles. The molecular formula is C10H12FNO3. The summed E-state index contributed by atoms with van der Waals surface area (Å²) in [6.07, 6.45) is 0. The number of amides is 1. The number of nitrogens with zero attached hydrogens (tertiary/aromatic N) is 1. The Morgan fingerprint density at radius 2 is 2.27 bits per heavy atom. The van der Waals surface area contributed by atoms with Crippen molar-refractivity contribution in [2.24, 2.45) is 0 Å². The summed E-state index contributed by atoms with van der Waals surface area (Å²) in [5.41, 5.74) is 0.368. The van der Waals surface area contributed by atoms with E-state index in [-0.39, 0.29) is 5.75 Å². The van der Waals surface area contributed by atoms with Crippen LogP contribution >= 0.6 is 0 Å². The third kappa shape index (κ3) is 2.44. The van der Waals surface area contributed by atoms with Crippen LogP contribution in [0, 0.1) is 5.82 Å². The molecule has 0 fully saturated rings. The average molecular weight is 213 g/mol. The molecule has 0 heterocycles. The lowest BCUT2D eigenvalue weighted by molar-refractivity contribution is -0.120. The highest BCUT2D eigenvalue weighted by atomic mass is 19.1. The van der Waals surface area contributed by atoms with Crippen LogP contribution in [0.2, 0.25) is 0 Å². The molecule has 15 heavy (non-hydrogen) atoms. The number of ether oxygens (including phenoxy) is 1. The first-order valence-electron chi connectivity index (χ1n) is 4.31. The van der Waals surface area contributed by atoms with Crippen molar-refractivity contribution in [2.75, 3.05) is 25.7 Å². The molecule has 5 heteroatoms. The average Bonchev–Trinajstić information content (AvgIpc) is 2.26. The smallest absolute Gasteiger partial charge is 0.252 e. The van der Waals surface area contributed by atoms with Gasteiger partial charge < -0.3 is 14.7 Å². The molecule has 0 aliphatic rings. The number of carbonyl (C=O) groups excluding carboxylic acids is 1. The monoisotopic (exact) mass is 213 g/mol. The maximum absolute atomic E-state index is 13.3. The number of rotatable bonds is 3. The van der Waals surface area contributed by atoms with Crippen LogP contribution in [0.5, 0.6) is 5.75 Å². The van der Waals surface area contributed by atoms with Crippen LogP contribution in [0.25, 0.3) is 0 Å². The van der Waals surface area contributed by atoms with Crippen LogP contribution in [0.15, 0.2) is 18.2 Å². The minimum Gasteiger partial charge on any atom is -0.494 e. The maximum atomic E-state index is 13.3. The zero-order valence-electron chi connectivity index (χ0n) is 8.53. The fourth-order valence-corrected chi connectivity index (χ4v) is 1.11. The molecule has 0 saturated heterocycles. The molecule has 0 bridgehead atoms. The Morgan fingerprint density at radius 1 is 1.60 bits per heavy atom. The lowest BCUT2D eigenvalue weighted by Crippen LogP contribution is -2.28. The number of likely N-dealkylation sites (N-methyl/N-ethyl adjacent to an activating group) is 1. The molecule has 0 radical (unpaired) electrons. The van der Waals surface area contributed by atoms with Gasteiger partial charge >= 0.3 is 0 Å². The number of hydrogen-bond donors (Lipinski definition) is 1. The van der Waals surface area contributed by atoms with Gasteiger partial charge in [0.05, 0.1) is 7.11 Å². The number of carbonyl (C=O) groups is 1. The van der Waals surface area contributed by atoms with Gasteiger partial charge in [0.1, 0.15) is 6.61 Å². The summed E-state index contributed by atoms with van der Waals surface area (Å²) < 4.78 is 18.0. The third-order valence-corrected chi connectivity index (χ3v) is 2.03. The van der Waals surface area contributed by atoms with Gasteiger partial charge in [-0.1, -0.05) is 0 Å². The highest BCUT2D eigenvalue weighted by Crippen LogP contribution is 2.22. The first-order chi connectivity index (χ1) is 7.10. The zero-order valence-corrected chi connectivity index (χ0v) is 8.53. The van der Waals surface area contributed by atoms with E-state index in [0.717, 1.165) is 0 Å². The van der Waals surface area contributed by atoms with Crippen molar-refractivity contribution in [3.63, 3.8) is 0 Å².